The average molecular weight is 407 g/mol. The van der Waals surface area contributed by atoms with Gasteiger partial charge in [0.15, 0.2) is 0 Å². The number of rotatable bonds is 7. The van der Waals surface area contributed by atoms with E-state index in [0.717, 1.165) is 16.5 Å². The Bertz CT molecular complexity index is 1080. The number of hydrogen-bond acceptors (Lipinski definition) is 3. The minimum absolute atomic E-state index is 0.134. The molecule has 3 aromatic carbocycles. The Kier molecular flexibility index (Phi) is 6.46. The van der Waals surface area contributed by atoms with Gasteiger partial charge in [-0.25, -0.2) is 8.42 Å². The highest BCUT2D eigenvalue weighted by molar-refractivity contribution is 7.95. The highest BCUT2D eigenvalue weighted by atomic mass is 32.2. The lowest BCUT2D eigenvalue weighted by molar-refractivity contribution is 0.0940. The second-order valence-corrected chi connectivity index (χ2v) is 8.11. The minimum atomic E-state index is -3.65. The third-order valence-corrected chi connectivity index (χ3v) is 5.31. The summed E-state index contributed by atoms with van der Waals surface area (Å²) in [7, 11) is -3.65. The number of carbonyl (C=O) groups excluding carboxylic acids is 1. The van der Waals surface area contributed by atoms with Crippen LogP contribution in [0.4, 0.5) is 5.69 Å². The summed E-state index contributed by atoms with van der Waals surface area (Å²) in [4.78, 5) is 12.4. The van der Waals surface area contributed by atoms with Gasteiger partial charge in [-0.15, -0.1) is 0 Å². The van der Waals surface area contributed by atoms with Crippen molar-refractivity contribution in [2.45, 2.75) is 13.0 Å². The molecule has 0 saturated heterocycles. The predicted molar refractivity (Wildman–Crippen MR) is 117 cm³/mol. The van der Waals surface area contributed by atoms with E-state index in [0.29, 0.717) is 11.3 Å². The van der Waals surface area contributed by atoms with Gasteiger partial charge in [0.2, 0.25) is 0 Å². The molecule has 0 aliphatic carbocycles. The molecule has 0 heterocycles. The van der Waals surface area contributed by atoms with Gasteiger partial charge in [0, 0.05) is 11.3 Å². The molecule has 0 radical (unpaired) electrons. The lowest BCUT2D eigenvalue weighted by atomic mass is 10.1. The minimum Gasteiger partial charge on any atom is -0.346 e. The Hall–Kier alpha value is -3.38. The summed E-state index contributed by atoms with van der Waals surface area (Å²) in [6.07, 6.45) is 1.52. The van der Waals surface area contributed by atoms with E-state index in [2.05, 4.69) is 10.0 Å². The number of sulfonamides is 1. The third kappa shape index (κ3) is 6.05. The number of carbonyl (C=O) groups is 1. The standard InChI is InChI=1S/C23H22N2O3S/c1-18(20-10-6-3-7-11-20)24-23(26)21-12-14-22(15-13-21)25-29(27,28)17-16-19-8-4-2-5-9-19/h2-18,25H,1H3,(H,24,26)/b17-16+. The van der Waals surface area contributed by atoms with Gasteiger partial charge in [0.1, 0.15) is 0 Å². The molecule has 2 N–H and O–H groups in total. The molecule has 1 unspecified atom stereocenters. The van der Waals surface area contributed by atoms with Crippen molar-refractivity contribution in [2.24, 2.45) is 0 Å². The highest BCUT2D eigenvalue weighted by Gasteiger charge is 2.12. The maximum atomic E-state index is 12.4. The maximum Gasteiger partial charge on any atom is 0.255 e. The van der Waals surface area contributed by atoms with Gasteiger partial charge in [-0.3, -0.25) is 9.52 Å². The first-order valence-electron chi connectivity index (χ1n) is 9.15. The molecule has 5 nitrogen and oxygen atoms in total. The van der Waals surface area contributed by atoms with E-state index in [1.807, 2.05) is 67.6 Å². The first-order valence-corrected chi connectivity index (χ1v) is 10.7. The van der Waals surface area contributed by atoms with Gasteiger partial charge < -0.3 is 5.32 Å². The first-order chi connectivity index (χ1) is 13.9. The van der Waals surface area contributed by atoms with Crippen LogP contribution in [-0.4, -0.2) is 14.3 Å². The van der Waals surface area contributed by atoms with Gasteiger partial charge in [0.25, 0.3) is 15.9 Å². The quantitative estimate of drug-likeness (QED) is 0.603. The molecule has 3 aromatic rings. The van der Waals surface area contributed by atoms with Crippen molar-refractivity contribution in [2.75, 3.05) is 4.72 Å². The van der Waals surface area contributed by atoms with E-state index in [1.54, 1.807) is 24.3 Å². The number of anilines is 1. The molecule has 6 heteroatoms. The van der Waals surface area contributed by atoms with Crippen LogP contribution in [0.1, 0.15) is 34.5 Å². The van der Waals surface area contributed by atoms with Crippen LogP contribution in [0, 0.1) is 0 Å². The molecule has 0 bridgehead atoms. The van der Waals surface area contributed by atoms with E-state index in [4.69, 9.17) is 0 Å². The molecule has 3 rings (SSSR count). The normalized spacial score (nSPS) is 12.4. The number of amides is 1. The SMILES string of the molecule is CC(NC(=O)c1ccc(NS(=O)(=O)/C=C/c2ccccc2)cc1)c1ccccc1. The van der Waals surface area contributed by atoms with E-state index >= 15 is 0 Å². The van der Waals surface area contributed by atoms with Crippen LogP contribution in [-0.2, 0) is 10.0 Å². The van der Waals surface area contributed by atoms with Crippen molar-refractivity contribution >= 4 is 27.7 Å². The zero-order chi connectivity index (χ0) is 20.7. The average Bonchev–Trinajstić information content (AvgIpc) is 2.74. The Labute approximate surface area is 171 Å². The molecule has 0 saturated carbocycles. The lowest BCUT2D eigenvalue weighted by Gasteiger charge is -2.14. The Balaban J connectivity index is 1.62. The number of hydrogen-bond donors (Lipinski definition) is 2. The molecule has 0 fully saturated rings. The van der Waals surface area contributed by atoms with Gasteiger partial charge in [0.05, 0.1) is 11.4 Å². The highest BCUT2D eigenvalue weighted by Crippen LogP contribution is 2.15. The summed E-state index contributed by atoms with van der Waals surface area (Å²) in [5, 5.41) is 4.05. The van der Waals surface area contributed by atoms with Crippen molar-refractivity contribution in [1.29, 1.82) is 0 Å². The zero-order valence-corrected chi connectivity index (χ0v) is 16.8. The Morgan fingerprint density at radius 3 is 2.07 bits per heavy atom. The van der Waals surface area contributed by atoms with Gasteiger partial charge in [-0.05, 0) is 48.4 Å². The predicted octanol–water partition coefficient (Wildman–Crippen LogP) is 4.59. The van der Waals surface area contributed by atoms with Crippen LogP contribution in [0.5, 0.6) is 0 Å². The van der Waals surface area contributed by atoms with E-state index in [1.165, 1.54) is 6.08 Å². The monoisotopic (exact) mass is 406 g/mol. The fraction of sp³-hybridized carbons (Fsp3) is 0.0870. The molecule has 0 spiro atoms. The molecule has 0 aliphatic heterocycles. The molecule has 29 heavy (non-hydrogen) atoms. The summed E-state index contributed by atoms with van der Waals surface area (Å²) < 4.78 is 26.9. The molecule has 1 atom stereocenters. The van der Waals surface area contributed by atoms with Crippen molar-refractivity contribution in [3.05, 3.63) is 107 Å². The van der Waals surface area contributed by atoms with Crippen LogP contribution >= 0.6 is 0 Å². The number of nitrogens with one attached hydrogen (secondary N) is 2. The second kappa shape index (κ2) is 9.21. The molecular formula is C23H22N2O3S. The summed E-state index contributed by atoms with van der Waals surface area (Å²) in [5.74, 6) is -0.222. The van der Waals surface area contributed by atoms with Crippen LogP contribution in [0.15, 0.2) is 90.3 Å². The summed E-state index contributed by atoms with van der Waals surface area (Å²) >= 11 is 0. The molecule has 1 amide bonds. The van der Waals surface area contributed by atoms with Crippen molar-refractivity contribution in [3.63, 3.8) is 0 Å². The summed E-state index contributed by atoms with van der Waals surface area (Å²) in [6.45, 7) is 1.91. The first kappa shape index (κ1) is 20.4. The largest absolute Gasteiger partial charge is 0.346 e. The van der Waals surface area contributed by atoms with E-state index < -0.39 is 10.0 Å². The molecule has 0 aromatic heterocycles. The smallest absolute Gasteiger partial charge is 0.255 e. The summed E-state index contributed by atoms with van der Waals surface area (Å²) in [6, 6.07) is 25.0. The second-order valence-electron chi connectivity index (χ2n) is 6.54. The van der Waals surface area contributed by atoms with Crippen LogP contribution in [0.25, 0.3) is 6.08 Å². The fourth-order valence-electron chi connectivity index (χ4n) is 2.73. The molecule has 0 aliphatic rings. The molecular weight excluding hydrogens is 384 g/mol. The molecule has 148 valence electrons. The Morgan fingerprint density at radius 1 is 0.862 bits per heavy atom. The van der Waals surface area contributed by atoms with Crippen molar-refractivity contribution < 1.29 is 13.2 Å². The zero-order valence-electron chi connectivity index (χ0n) is 15.9. The Morgan fingerprint density at radius 2 is 1.45 bits per heavy atom. The van der Waals surface area contributed by atoms with E-state index in [-0.39, 0.29) is 11.9 Å². The van der Waals surface area contributed by atoms with E-state index in [9.17, 15) is 13.2 Å². The summed E-state index contributed by atoms with van der Waals surface area (Å²) in [5.41, 5.74) is 2.64. The van der Waals surface area contributed by atoms with Crippen molar-refractivity contribution in [3.8, 4) is 0 Å². The van der Waals surface area contributed by atoms with Gasteiger partial charge >= 0.3 is 0 Å². The van der Waals surface area contributed by atoms with Crippen LogP contribution in [0.2, 0.25) is 0 Å². The van der Waals surface area contributed by atoms with Gasteiger partial charge in [-0.1, -0.05) is 60.7 Å². The third-order valence-electron chi connectivity index (χ3n) is 4.29. The fourth-order valence-corrected chi connectivity index (χ4v) is 3.59. The van der Waals surface area contributed by atoms with Crippen LogP contribution < -0.4 is 10.0 Å². The van der Waals surface area contributed by atoms with Gasteiger partial charge in [-0.2, -0.15) is 0 Å². The van der Waals surface area contributed by atoms with Crippen molar-refractivity contribution in [1.82, 2.24) is 5.32 Å². The lowest BCUT2D eigenvalue weighted by Crippen LogP contribution is -2.26. The van der Waals surface area contributed by atoms with Crippen LogP contribution in [0.3, 0.4) is 0 Å². The number of benzene rings is 3. The maximum absolute atomic E-state index is 12.4. The topological polar surface area (TPSA) is 75.3 Å².